The second kappa shape index (κ2) is 13.6. The number of carbonyl (C=O) groups is 4. The lowest BCUT2D eigenvalue weighted by atomic mass is 9.57. The Morgan fingerprint density at radius 3 is 1.40 bits per heavy atom. The van der Waals surface area contributed by atoms with Crippen molar-refractivity contribution in [1.29, 1.82) is 0 Å². The quantitative estimate of drug-likeness (QED) is 0.159. The minimum Gasteiger partial charge on any atom is -0.508 e. The average molecular weight is 875 g/mol. The molecule has 3 aromatic carbocycles. The van der Waals surface area contributed by atoms with Crippen molar-refractivity contribution in [3.05, 3.63) is 94.1 Å². The van der Waals surface area contributed by atoms with Gasteiger partial charge in [0.15, 0.2) is 0 Å². The number of benzene rings is 3. The average Bonchev–Trinajstić information content (AvgIpc) is 3.52. The van der Waals surface area contributed by atoms with Gasteiger partial charge in [-0.1, -0.05) is 11.6 Å². The van der Waals surface area contributed by atoms with Gasteiger partial charge in [-0.15, -0.1) is 13.2 Å². The van der Waals surface area contributed by atoms with Gasteiger partial charge in [0.25, 0.3) is 0 Å². The lowest BCUT2D eigenvalue weighted by Crippen LogP contribution is -2.43. The van der Waals surface area contributed by atoms with Crippen LogP contribution in [0.25, 0.3) is 0 Å². The molecule has 3 aromatic rings. The summed E-state index contributed by atoms with van der Waals surface area (Å²) in [4.78, 5) is 56.4. The van der Waals surface area contributed by atoms with E-state index in [4.69, 9.17) is 0 Å². The van der Waals surface area contributed by atoms with Gasteiger partial charge in [-0.2, -0.15) is 52.7 Å². The van der Waals surface area contributed by atoms with Gasteiger partial charge in [0.1, 0.15) is 11.5 Å². The topological polar surface area (TPSA) is 104 Å². The van der Waals surface area contributed by atoms with E-state index >= 15 is 0 Å². The minimum atomic E-state index is -5.47. The van der Waals surface area contributed by atoms with Crippen LogP contribution in [0.3, 0.4) is 0 Å². The van der Waals surface area contributed by atoms with Gasteiger partial charge in [-0.25, -0.2) is 9.80 Å². The molecule has 2 saturated heterocycles. The number of anilines is 2. The van der Waals surface area contributed by atoms with Crippen LogP contribution in [0.5, 0.6) is 11.5 Å². The number of amides is 4. The molecule has 4 aliphatic rings. The van der Waals surface area contributed by atoms with Crippen molar-refractivity contribution in [2.24, 2.45) is 29.6 Å². The van der Waals surface area contributed by atoms with Gasteiger partial charge in [-0.3, -0.25) is 19.2 Å². The van der Waals surface area contributed by atoms with Crippen LogP contribution < -0.4 is 14.5 Å². The molecule has 1 saturated carbocycles. The number of halogens is 15. The second-order valence-corrected chi connectivity index (χ2v) is 14.3. The molecule has 0 radical (unpaired) electrons. The fourth-order valence-electron chi connectivity index (χ4n) is 8.56. The first-order valence-corrected chi connectivity index (χ1v) is 17.1. The maximum atomic E-state index is 14.3. The van der Waals surface area contributed by atoms with Crippen LogP contribution >= 0.6 is 0 Å². The SMILES string of the molecule is O=C1C2CC=C3C(CC4C(=O)N(c5cc(C(F)(F)F)cc(C(F)(F)F)c5)C(=O)C4C3c3cc(OC(F)(F)F)ccc3O)C2C(=O)N1c1cc(C(F)(F)F)cc(C(F)(F)F)c1. The molecule has 7 rings (SSSR count). The first-order chi connectivity index (χ1) is 27.5. The van der Waals surface area contributed by atoms with Crippen LogP contribution in [0.15, 0.2) is 66.2 Å². The van der Waals surface area contributed by atoms with Crippen molar-refractivity contribution < 1.29 is 94.9 Å². The van der Waals surface area contributed by atoms with E-state index in [1.807, 2.05) is 0 Å². The smallest absolute Gasteiger partial charge is 0.508 e. The number of phenolic OH excluding ortho intramolecular Hbond substituents is 1. The highest BCUT2D eigenvalue weighted by atomic mass is 19.4. The van der Waals surface area contributed by atoms with Crippen molar-refractivity contribution in [2.45, 2.75) is 49.8 Å². The Hall–Kier alpha value is -5.77. The Morgan fingerprint density at radius 1 is 0.533 bits per heavy atom. The number of carbonyl (C=O) groups excluding carboxylic acids is 4. The van der Waals surface area contributed by atoms with Gasteiger partial charge in [0, 0.05) is 11.5 Å². The maximum Gasteiger partial charge on any atom is 0.573 e. The Labute approximate surface area is 324 Å². The van der Waals surface area contributed by atoms with Gasteiger partial charge >= 0.3 is 31.1 Å². The maximum absolute atomic E-state index is 14.3. The molecule has 3 fully saturated rings. The number of rotatable bonds is 4. The number of aromatic hydroxyl groups is 1. The largest absolute Gasteiger partial charge is 0.573 e. The summed E-state index contributed by atoms with van der Waals surface area (Å²) in [7, 11) is 0. The highest BCUT2D eigenvalue weighted by molar-refractivity contribution is 6.24. The molecule has 0 aromatic heterocycles. The minimum absolute atomic E-state index is 0.0233. The van der Waals surface area contributed by atoms with Crippen LogP contribution in [-0.4, -0.2) is 35.1 Å². The molecule has 8 nitrogen and oxygen atoms in total. The summed E-state index contributed by atoms with van der Waals surface area (Å²) < 4.78 is 210. The summed E-state index contributed by atoms with van der Waals surface area (Å²) in [5.74, 6) is -18.2. The van der Waals surface area contributed by atoms with E-state index in [-0.39, 0.29) is 51.8 Å². The first kappa shape index (κ1) is 42.4. The zero-order valence-electron chi connectivity index (χ0n) is 29.2. The fraction of sp³-hybridized carbons (Fsp3) is 0.351. The van der Waals surface area contributed by atoms with E-state index in [1.54, 1.807) is 0 Å². The predicted octanol–water partition coefficient (Wildman–Crippen LogP) is 9.41. The summed E-state index contributed by atoms with van der Waals surface area (Å²) in [5.41, 5.74) is -10.9. The molecule has 60 heavy (non-hydrogen) atoms. The van der Waals surface area contributed by atoms with Crippen LogP contribution in [0.1, 0.15) is 46.6 Å². The molecule has 0 bridgehead atoms. The second-order valence-electron chi connectivity index (χ2n) is 14.3. The summed E-state index contributed by atoms with van der Waals surface area (Å²) in [5, 5.41) is 11.0. The zero-order valence-corrected chi connectivity index (χ0v) is 29.2. The number of ether oxygens (including phenoxy) is 1. The molecule has 6 atom stereocenters. The van der Waals surface area contributed by atoms with Crippen LogP contribution in [0, 0.1) is 29.6 Å². The number of hydrogen-bond acceptors (Lipinski definition) is 6. The molecule has 0 spiro atoms. The normalized spacial score (nSPS) is 25.0. The molecule has 23 heteroatoms. The fourth-order valence-corrected chi connectivity index (χ4v) is 8.56. The first-order valence-electron chi connectivity index (χ1n) is 17.1. The third-order valence-electron chi connectivity index (χ3n) is 10.9. The third-order valence-corrected chi connectivity index (χ3v) is 10.9. The molecule has 4 amide bonds. The zero-order chi connectivity index (χ0) is 44.4. The van der Waals surface area contributed by atoms with Crippen molar-refractivity contribution in [3.8, 4) is 11.5 Å². The van der Waals surface area contributed by atoms with Crippen molar-refractivity contribution in [2.75, 3.05) is 9.80 Å². The van der Waals surface area contributed by atoms with Gasteiger partial charge < -0.3 is 9.84 Å². The molecule has 1 N–H and O–H groups in total. The summed E-state index contributed by atoms with van der Waals surface area (Å²) in [6.07, 6.45) is -27.3. The lowest BCUT2D eigenvalue weighted by molar-refractivity contribution is -0.274. The number of nitrogens with zero attached hydrogens (tertiary/aromatic N) is 2. The Balaban J connectivity index is 1.38. The number of imide groups is 2. The molecule has 2 aliphatic carbocycles. The lowest BCUT2D eigenvalue weighted by Gasteiger charge is -2.44. The third kappa shape index (κ3) is 7.28. The van der Waals surface area contributed by atoms with Crippen LogP contribution in [-0.2, 0) is 43.9 Å². The van der Waals surface area contributed by atoms with E-state index in [2.05, 4.69) is 4.74 Å². The van der Waals surface area contributed by atoms with Crippen molar-refractivity contribution in [3.63, 3.8) is 0 Å². The number of alkyl halides is 15. The van der Waals surface area contributed by atoms with Crippen molar-refractivity contribution in [1.82, 2.24) is 0 Å². The number of hydrogen-bond donors (Lipinski definition) is 1. The molecular formula is C37H21F15N2O6. The summed E-state index contributed by atoms with van der Waals surface area (Å²) in [6, 6.07) is 1.56. The Morgan fingerprint density at radius 2 is 0.967 bits per heavy atom. The Kier molecular flexibility index (Phi) is 9.62. The van der Waals surface area contributed by atoms with E-state index in [1.165, 1.54) is 0 Å². The summed E-state index contributed by atoms with van der Waals surface area (Å²) in [6.45, 7) is 0. The van der Waals surface area contributed by atoms with Gasteiger partial charge in [0.2, 0.25) is 23.6 Å². The highest BCUT2D eigenvalue weighted by Gasteiger charge is 2.63. The highest BCUT2D eigenvalue weighted by Crippen LogP contribution is 2.60. The van der Waals surface area contributed by atoms with Crippen molar-refractivity contribution >= 4 is 35.0 Å². The number of phenols is 1. The number of allylic oxidation sites excluding steroid dienone is 2. The standard InChI is InChI=1S/C37H21F15N2O6/c38-33(39,40)13-5-14(34(41,42)43)8-17(7-13)53-29(56)21-3-2-20-22(27(21)31(53)58)12-24-28(26(20)23-11-19(1-4-25(23)55)60-37(50,51)52)32(59)54(30(24)57)18-9-15(35(44,45)46)6-16(10-18)36(47,48)49/h1-2,4-11,21-22,24,26-28,55H,3,12H2. The Bertz CT molecular complexity index is 2300. The number of fused-ring (bicyclic) bond motifs is 4. The molecular weight excluding hydrogens is 853 g/mol. The molecule has 2 heterocycles. The van der Waals surface area contributed by atoms with Crippen LogP contribution in [0.4, 0.5) is 77.2 Å². The summed E-state index contributed by atoms with van der Waals surface area (Å²) >= 11 is 0. The predicted molar refractivity (Wildman–Crippen MR) is 170 cm³/mol. The van der Waals surface area contributed by atoms with E-state index in [0.717, 1.165) is 6.08 Å². The van der Waals surface area contributed by atoms with E-state index < -0.39 is 154 Å². The van der Waals surface area contributed by atoms with Gasteiger partial charge in [0.05, 0.1) is 57.3 Å². The molecule has 320 valence electrons. The van der Waals surface area contributed by atoms with Crippen LogP contribution in [0.2, 0.25) is 0 Å². The molecule has 2 aliphatic heterocycles. The van der Waals surface area contributed by atoms with E-state index in [9.17, 15) is 90.1 Å². The van der Waals surface area contributed by atoms with Gasteiger partial charge in [-0.05, 0) is 73.4 Å². The molecule has 6 unspecified atom stereocenters. The monoisotopic (exact) mass is 874 g/mol. The van der Waals surface area contributed by atoms with E-state index in [0.29, 0.717) is 18.2 Å².